The van der Waals surface area contributed by atoms with E-state index in [0.29, 0.717) is 0 Å². The van der Waals surface area contributed by atoms with Gasteiger partial charge in [-0.05, 0) is 30.2 Å². The molecule has 0 spiro atoms. The minimum atomic E-state index is 0.177. The van der Waals surface area contributed by atoms with Gasteiger partial charge < -0.3 is 4.57 Å². The summed E-state index contributed by atoms with van der Waals surface area (Å²) in [6.07, 6.45) is 3.15. The van der Waals surface area contributed by atoms with E-state index < -0.39 is 0 Å². The molecule has 1 aromatic carbocycles. The molecule has 0 radical (unpaired) electrons. The van der Waals surface area contributed by atoms with Crippen molar-refractivity contribution in [2.75, 3.05) is 13.1 Å². The Bertz CT molecular complexity index is 610. The Kier molecular flexibility index (Phi) is 2.90. The van der Waals surface area contributed by atoms with Crippen molar-refractivity contribution in [1.29, 1.82) is 0 Å². The number of hydrogen-bond donors (Lipinski definition) is 0. The van der Waals surface area contributed by atoms with E-state index in [2.05, 4.69) is 54.4 Å². The highest BCUT2D eigenvalue weighted by Crippen LogP contribution is 2.37. The standard InChI is InChI=1S/C16H23N3/c1-5-8-19-9-12-6-7-13-15(17-11-18(13)4)14(12)16(2,3)10-19/h6-7,11H,5,8-10H2,1-4H3. The van der Waals surface area contributed by atoms with Crippen LogP contribution in [0, 0.1) is 0 Å². The van der Waals surface area contributed by atoms with Crippen LogP contribution in [0.15, 0.2) is 18.5 Å². The van der Waals surface area contributed by atoms with Crippen molar-refractivity contribution in [3.8, 4) is 0 Å². The zero-order valence-corrected chi connectivity index (χ0v) is 12.4. The maximum Gasteiger partial charge on any atom is 0.0955 e. The summed E-state index contributed by atoms with van der Waals surface area (Å²) >= 11 is 0. The second-order valence-corrected chi connectivity index (χ2v) is 6.42. The maximum atomic E-state index is 4.64. The van der Waals surface area contributed by atoms with Crippen LogP contribution in [0.5, 0.6) is 0 Å². The number of imidazole rings is 1. The van der Waals surface area contributed by atoms with E-state index in [9.17, 15) is 0 Å². The first-order valence-electron chi connectivity index (χ1n) is 7.18. The average molecular weight is 257 g/mol. The van der Waals surface area contributed by atoms with E-state index in [1.807, 2.05) is 6.33 Å². The predicted molar refractivity (Wildman–Crippen MR) is 79.3 cm³/mol. The van der Waals surface area contributed by atoms with Crippen LogP contribution >= 0.6 is 0 Å². The van der Waals surface area contributed by atoms with Crippen molar-refractivity contribution in [3.05, 3.63) is 29.6 Å². The number of benzene rings is 1. The average Bonchev–Trinajstić information content (AvgIpc) is 2.70. The molecule has 0 fully saturated rings. The fourth-order valence-electron chi connectivity index (χ4n) is 3.54. The van der Waals surface area contributed by atoms with Gasteiger partial charge >= 0.3 is 0 Å². The predicted octanol–water partition coefficient (Wildman–Crippen LogP) is 3.08. The van der Waals surface area contributed by atoms with Crippen molar-refractivity contribution in [1.82, 2.24) is 14.5 Å². The molecule has 3 nitrogen and oxygen atoms in total. The first kappa shape index (κ1) is 12.7. The molecule has 1 aromatic heterocycles. The summed E-state index contributed by atoms with van der Waals surface area (Å²) in [7, 11) is 2.07. The molecular weight excluding hydrogens is 234 g/mol. The number of hydrogen-bond acceptors (Lipinski definition) is 2. The van der Waals surface area contributed by atoms with Gasteiger partial charge in [0.1, 0.15) is 0 Å². The van der Waals surface area contributed by atoms with E-state index >= 15 is 0 Å². The first-order valence-corrected chi connectivity index (χ1v) is 7.18. The summed E-state index contributed by atoms with van der Waals surface area (Å²) in [5.74, 6) is 0. The Morgan fingerprint density at radius 2 is 2.11 bits per heavy atom. The number of fused-ring (bicyclic) bond motifs is 3. The van der Waals surface area contributed by atoms with Crippen molar-refractivity contribution in [2.24, 2.45) is 7.05 Å². The summed E-state index contributed by atoms with van der Waals surface area (Å²) in [6.45, 7) is 10.3. The van der Waals surface area contributed by atoms with Crippen LogP contribution in [0.3, 0.4) is 0 Å². The Labute approximate surface area is 115 Å². The highest BCUT2D eigenvalue weighted by atomic mass is 15.1. The second kappa shape index (κ2) is 4.34. The maximum absolute atomic E-state index is 4.64. The van der Waals surface area contributed by atoms with Gasteiger partial charge in [-0.1, -0.05) is 26.8 Å². The number of rotatable bonds is 2. The summed E-state index contributed by atoms with van der Waals surface area (Å²) in [6, 6.07) is 4.51. The lowest BCUT2D eigenvalue weighted by molar-refractivity contribution is 0.195. The third-order valence-electron chi connectivity index (χ3n) is 4.21. The molecule has 19 heavy (non-hydrogen) atoms. The van der Waals surface area contributed by atoms with Gasteiger partial charge in [-0.3, -0.25) is 4.90 Å². The molecule has 1 aliphatic heterocycles. The third-order valence-corrected chi connectivity index (χ3v) is 4.21. The van der Waals surface area contributed by atoms with E-state index in [1.54, 1.807) is 0 Å². The van der Waals surface area contributed by atoms with E-state index in [0.717, 1.165) is 13.1 Å². The molecule has 2 heterocycles. The van der Waals surface area contributed by atoms with Gasteiger partial charge in [0.05, 0.1) is 17.4 Å². The molecule has 102 valence electrons. The summed E-state index contributed by atoms with van der Waals surface area (Å²) < 4.78 is 2.12. The van der Waals surface area contributed by atoms with Crippen LogP contribution in [0.2, 0.25) is 0 Å². The first-order chi connectivity index (χ1) is 9.03. The Hall–Kier alpha value is -1.35. The van der Waals surface area contributed by atoms with Crippen LogP contribution in [-0.4, -0.2) is 27.5 Å². The van der Waals surface area contributed by atoms with Gasteiger partial charge in [0.15, 0.2) is 0 Å². The molecule has 3 rings (SSSR count). The minimum absolute atomic E-state index is 0.177. The quantitative estimate of drug-likeness (QED) is 0.824. The lowest BCUT2D eigenvalue weighted by Crippen LogP contribution is -2.42. The largest absolute Gasteiger partial charge is 0.334 e. The second-order valence-electron chi connectivity index (χ2n) is 6.42. The number of aromatic nitrogens is 2. The lowest BCUT2D eigenvalue weighted by Gasteiger charge is -2.40. The number of aryl methyl sites for hydroxylation is 1. The smallest absolute Gasteiger partial charge is 0.0955 e. The Morgan fingerprint density at radius 3 is 2.84 bits per heavy atom. The van der Waals surface area contributed by atoms with Crippen LogP contribution in [0.4, 0.5) is 0 Å². The molecular formula is C16H23N3. The highest BCUT2D eigenvalue weighted by molar-refractivity contribution is 5.82. The topological polar surface area (TPSA) is 21.1 Å². The van der Waals surface area contributed by atoms with Crippen molar-refractivity contribution in [2.45, 2.75) is 39.2 Å². The van der Waals surface area contributed by atoms with Gasteiger partial charge in [0, 0.05) is 25.6 Å². The van der Waals surface area contributed by atoms with Crippen LogP contribution < -0.4 is 0 Å². The monoisotopic (exact) mass is 257 g/mol. The molecule has 1 aliphatic rings. The zero-order valence-electron chi connectivity index (χ0n) is 12.4. The molecule has 0 saturated carbocycles. The van der Waals surface area contributed by atoms with Gasteiger partial charge in [0.25, 0.3) is 0 Å². The highest BCUT2D eigenvalue weighted by Gasteiger charge is 2.33. The van der Waals surface area contributed by atoms with Crippen molar-refractivity contribution in [3.63, 3.8) is 0 Å². The molecule has 0 bridgehead atoms. The zero-order chi connectivity index (χ0) is 13.6. The molecule has 0 atom stereocenters. The minimum Gasteiger partial charge on any atom is -0.334 e. The molecule has 2 aromatic rings. The summed E-state index contributed by atoms with van der Waals surface area (Å²) in [4.78, 5) is 7.21. The van der Waals surface area contributed by atoms with Crippen molar-refractivity contribution < 1.29 is 0 Å². The molecule has 0 saturated heterocycles. The summed E-state index contributed by atoms with van der Waals surface area (Å²) in [5, 5.41) is 0. The van der Waals surface area contributed by atoms with Crippen LogP contribution in [-0.2, 0) is 19.0 Å². The Morgan fingerprint density at radius 1 is 1.32 bits per heavy atom. The SMILES string of the molecule is CCCN1Cc2ccc3c(ncn3C)c2C(C)(C)C1. The fourth-order valence-corrected chi connectivity index (χ4v) is 3.54. The van der Waals surface area contributed by atoms with Crippen LogP contribution in [0.1, 0.15) is 38.3 Å². The normalized spacial score (nSPS) is 18.7. The molecule has 0 N–H and O–H groups in total. The Balaban J connectivity index is 2.16. The molecule has 0 unspecified atom stereocenters. The molecule has 0 aliphatic carbocycles. The summed E-state index contributed by atoms with van der Waals surface area (Å²) in [5.41, 5.74) is 5.53. The van der Waals surface area contributed by atoms with Gasteiger partial charge in [0.2, 0.25) is 0 Å². The molecule has 3 heteroatoms. The van der Waals surface area contributed by atoms with Crippen molar-refractivity contribution >= 4 is 11.0 Å². The fraction of sp³-hybridized carbons (Fsp3) is 0.562. The van der Waals surface area contributed by atoms with E-state index in [4.69, 9.17) is 0 Å². The van der Waals surface area contributed by atoms with Gasteiger partial charge in [-0.25, -0.2) is 4.98 Å². The lowest BCUT2D eigenvalue weighted by atomic mass is 9.77. The van der Waals surface area contributed by atoms with Crippen LogP contribution in [0.25, 0.3) is 11.0 Å². The van der Waals surface area contributed by atoms with Gasteiger partial charge in [-0.2, -0.15) is 0 Å². The van der Waals surface area contributed by atoms with E-state index in [-0.39, 0.29) is 5.41 Å². The van der Waals surface area contributed by atoms with E-state index in [1.165, 1.54) is 35.1 Å². The molecule has 0 amide bonds. The third kappa shape index (κ3) is 1.96. The van der Waals surface area contributed by atoms with Gasteiger partial charge in [-0.15, -0.1) is 0 Å². The number of nitrogens with zero attached hydrogens (tertiary/aromatic N) is 3.